The van der Waals surface area contributed by atoms with Crippen molar-refractivity contribution in [2.45, 2.75) is 45.6 Å². The van der Waals surface area contributed by atoms with Gasteiger partial charge in [-0.15, -0.1) is 0 Å². The molecule has 4 rings (SSSR count). The molecule has 3 amide bonds. The first-order valence-electron chi connectivity index (χ1n) is 10.7. The van der Waals surface area contributed by atoms with Crippen molar-refractivity contribution < 1.29 is 14.4 Å². The molecule has 2 aliphatic heterocycles. The lowest BCUT2D eigenvalue weighted by Crippen LogP contribution is -2.34. The fraction of sp³-hybridized carbons (Fsp3) is 0.435. The minimum absolute atomic E-state index is 0.132. The van der Waals surface area contributed by atoms with E-state index in [9.17, 15) is 14.4 Å². The summed E-state index contributed by atoms with van der Waals surface area (Å²) >= 11 is 0.987. The lowest BCUT2D eigenvalue weighted by atomic mass is 10.1. The SMILES string of the molecule is CCCN1C(=O)S/C(=C\c2cn(CC(=O)N3CCCCCC3)c3ccccc23)C1=O. The van der Waals surface area contributed by atoms with Crippen LogP contribution in [0.15, 0.2) is 35.4 Å². The van der Waals surface area contributed by atoms with E-state index in [0.29, 0.717) is 11.4 Å². The standard InChI is InChI=1S/C23H27N3O3S/c1-2-11-26-22(28)20(30-23(26)29)14-17-15-25(19-10-6-5-9-18(17)19)16-21(27)24-12-7-3-4-8-13-24/h5-6,9-10,14-15H,2-4,7-8,11-13,16H2,1H3/b20-14-. The lowest BCUT2D eigenvalue weighted by Gasteiger charge is -2.20. The molecule has 2 fully saturated rings. The van der Waals surface area contributed by atoms with Crippen molar-refractivity contribution in [2.24, 2.45) is 0 Å². The molecule has 2 aliphatic rings. The number of imide groups is 1. The van der Waals surface area contributed by atoms with E-state index in [2.05, 4.69) is 0 Å². The highest BCUT2D eigenvalue weighted by atomic mass is 32.2. The monoisotopic (exact) mass is 425 g/mol. The van der Waals surface area contributed by atoms with Gasteiger partial charge in [0.25, 0.3) is 11.1 Å². The van der Waals surface area contributed by atoms with Gasteiger partial charge in [0.1, 0.15) is 6.54 Å². The van der Waals surface area contributed by atoms with Gasteiger partial charge in [-0.3, -0.25) is 19.3 Å². The second kappa shape index (κ2) is 9.08. The minimum Gasteiger partial charge on any atom is -0.341 e. The summed E-state index contributed by atoms with van der Waals surface area (Å²) in [7, 11) is 0. The maximum atomic E-state index is 12.9. The van der Waals surface area contributed by atoms with Crippen molar-refractivity contribution >= 4 is 45.8 Å². The highest BCUT2D eigenvalue weighted by Crippen LogP contribution is 2.34. The first kappa shape index (κ1) is 20.7. The lowest BCUT2D eigenvalue weighted by molar-refractivity contribution is -0.131. The van der Waals surface area contributed by atoms with Gasteiger partial charge in [0.2, 0.25) is 5.91 Å². The summed E-state index contributed by atoms with van der Waals surface area (Å²) in [5, 5.41) is 0.761. The Morgan fingerprint density at radius 1 is 1.10 bits per heavy atom. The summed E-state index contributed by atoms with van der Waals surface area (Å²) in [5.41, 5.74) is 1.82. The second-order valence-corrected chi connectivity index (χ2v) is 8.85. The Morgan fingerprint density at radius 3 is 2.57 bits per heavy atom. The molecule has 30 heavy (non-hydrogen) atoms. The van der Waals surface area contributed by atoms with Crippen LogP contribution in [-0.2, 0) is 16.1 Å². The zero-order valence-corrected chi connectivity index (χ0v) is 18.1. The number of likely N-dealkylation sites (tertiary alicyclic amines) is 1. The van der Waals surface area contributed by atoms with Crippen molar-refractivity contribution in [3.8, 4) is 0 Å². The Morgan fingerprint density at radius 2 is 1.83 bits per heavy atom. The number of aromatic nitrogens is 1. The third-order valence-electron chi connectivity index (χ3n) is 5.69. The fourth-order valence-corrected chi connectivity index (χ4v) is 5.00. The maximum absolute atomic E-state index is 12.9. The van der Waals surface area contributed by atoms with Gasteiger partial charge in [-0.05, 0) is 43.2 Å². The summed E-state index contributed by atoms with van der Waals surface area (Å²) < 4.78 is 1.96. The topological polar surface area (TPSA) is 62.6 Å². The van der Waals surface area contributed by atoms with Crippen LogP contribution >= 0.6 is 11.8 Å². The molecule has 158 valence electrons. The second-order valence-electron chi connectivity index (χ2n) is 7.86. The van der Waals surface area contributed by atoms with E-state index in [1.807, 2.05) is 46.9 Å². The van der Waals surface area contributed by atoms with Crippen LogP contribution in [0.5, 0.6) is 0 Å². The molecule has 0 spiro atoms. The van der Waals surface area contributed by atoms with Crippen LogP contribution in [0.25, 0.3) is 17.0 Å². The van der Waals surface area contributed by atoms with Crippen LogP contribution in [0, 0.1) is 0 Å². The number of hydrogen-bond acceptors (Lipinski definition) is 4. The normalized spacial score (nSPS) is 19.2. The predicted molar refractivity (Wildman–Crippen MR) is 120 cm³/mol. The van der Waals surface area contributed by atoms with Crippen molar-refractivity contribution in [1.29, 1.82) is 0 Å². The zero-order chi connectivity index (χ0) is 21.1. The molecular formula is C23H27N3O3S. The number of fused-ring (bicyclic) bond motifs is 1. The van der Waals surface area contributed by atoms with Crippen molar-refractivity contribution in [3.63, 3.8) is 0 Å². The molecule has 0 bridgehead atoms. The van der Waals surface area contributed by atoms with E-state index in [0.717, 1.165) is 60.6 Å². The number of benzene rings is 1. The molecule has 1 aromatic heterocycles. The zero-order valence-electron chi connectivity index (χ0n) is 17.3. The molecule has 0 aliphatic carbocycles. The highest BCUT2D eigenvalue weighted by molar-refractivity contribution is 8.18. The van der Waals surface area contributed by atoms with E-state index < -0.39 is 0 Å². The van der Waals surface area contributed by atoms with Gasteiger partial charge < -0.3 is 9.47 Å². The fourth-order valence-electron chi connectivity index (χ4n) is 4.14. The number of rotatable bonds is 5. The summed E-state index contributed by atoms with van der Waals surface area (Å²) in [4.78, 5) is 41.4. The first-order valence-corrected chi connectivity index (χ1v) is 11.5. The Labute approximate surface area is 180 Å². The van der Waals surface area contributed by atoms with Gasteiger partial charge in [0.05, 0.1) is 4.91 Å². The van der Waals surface area contributed by atoms with E-state index in [1.54, 1.807) is 6.08 Å². The van der Waals surface area contributed by atoms with Gasteiger partial charge in [0.15, 0.2) is 0 Å². The van der Waals surface area contributed by atoms with Crippen molar-refractivity contribution in [2.75, 3.05) is 19.6 Å². The third-order valence-corrected chi connectivity index (χ3v) is 6.60. The molecule has 3 heterocycles. The number of carbonyl (C=O) groups excluding carboxylic acids is 3. The van der Waals surface area contributed by atoms with E-state index in [-0.39, 0.29) is 23.6 Å². The van der Waals surface area contributed by atoms with Crippen LogP contribution in [0.4, 0.5) is 4.79 Å². The Hall–Kier alpha value is -2.54. The average molecular weight is 426 g/mol. The number of amides is 3. The third kappa shape index (κ3) is 4.17. The Balaban J connectivity index is 1.62. The number of nitrogens with zero attached hydrogens (tertiary/aromatic N) is 3. The number of carbonyl (C=O) groups is 3. The molecule has 2 saturated heterocycles. The first-order chi connectivity index (χ1) is 14.6. The molecule has 0 saturated carbocycles. The molecule has 2 aromatic rings. The summed E-state index contributed by atoms with van der Waals surface area (Å²) in [6.45, 7) is 4.33. The molecule has 1 aromatic carbocycles. The van der Waals surface area contributed by atoms with Crippen LogP contribution in [0.3, 0.4) is 0 Å². The molecular weight excluding hydrogens is 398 g/mol. The maximum Gasteiger partial charge on any atom is 0.293 e. The Kier molecular flexibility index (Phi) is 6.27. The minimum atomic E-state index is -0.232. The molecule has 6 nitrogen and oxygen atoms in total. The van der Waals surface area contributed by atoms with Gasteiger partial charge in [-0.25, -0.2) is 0 Å². The molecule has 0 unspecified atom stereocenters. The predicted octanol–water partition coefficient (Wildman–Crippen LogP) is 4.49. The Bertz CT molecular complexity index is 1000. The molecule has 7 heteroatoms. The molecule has 0 N–H and O–H groups in total. The van der Waals surface area contributed by atoms with E-state index in [4.69, 9.17) is 0 Å². The smallest absolute Gasteiger partial charge is 0.293 e. The van der Waals surface area contributed by atoms with E-state index >= 15 is 0 Å². The van der Waals surface area contributed by atoms with Crippen LogP contribution in [-0.4, -0.2) is 51.1 Å². The summed E-state index contributed by atoms with van der Waals surface area (Å²) in [6, 6.07) is 7.88. The van der Waals surface area contributed by atoms with Gasteiger partial charge in [0, 0.05) is 42.3 Å². The van der Waals surface area contributed by atoms with Gasteiger partial charge in [-0.1, -0.05) is 38.0 Å². The summed E-state index contributed by atoms with van der Waals surface area (Å²) in [5.74, 6) is -0.100. The molecule has 0 atom stereocenters. The van der Waals surface area contributed by atoms with Crippen LogP contribution in [0.2, 0.25) is 0 Å². The van der Waals surface area contributed by atoms with Gasteiger partial charge in [-0.2, -0.15) is 0 Å². The van der Waals surface area contributed by atoms with Crippen molar-refractivity contribution in [3.05, 3.63) is 40.9 Å². The quantitative estimate of drug-likeness (QED) is 0.662. The molecule has 0 radical (unpaired) electrons. The highest BCUT2D eigenvalue weighted by Gasteiger charge is 2.34. The van der Waals surface area contributed by atoms with E-state index in [1.165, 1.54) is 17.7 Å². The summed E-state index contributed by atoms with van der Waals surface area (Å²) in [6.07, 6.45) is 8.96. The number of hydrogen-bond donors (Lipinski definition) is 0. The van der Waals surface area contributed by atoms with Crippen molar-refractivity contribution in [1.82, 2.24) is 14.4 Å². The largest absolute Gasteiger partial charge is 0.341 e. The van der Waals surface area contributed by atoms with Gasteiger partial charge >= 0.3 is 0 Å². The van der Waals surface area contributed by atoms with Crippen LogP contribution < -0.4 is 0 Å². The van der Waals surface area contributed by atoms with Crippen LogP contribution in [0.1, 0.15) is 44.6 Å². The number of thioether (sulfide) groups is 1. The number of para-hydroxylation sites is 1. The average Bonchev–Trinajstić information content (AvgIpc) is 3.06.